The highest BCUT2D eigenvalue weighted by atomic mass is 16.5. The zero-order valence-corrected chi connectivity index (χ0v) is 15.2. The number of rotatable bonds is 6. The van der Waals surface area contributed by atoms with Crippen molar-refractivity contribution in [3.8, 4) is 0 Å². The summed E-state index contributed by atoms with van der Waals surface area (Å²) in [7, 11) is 0. The first-order valence-electron chi connectivity index (χ1n) is 9.27. The third kappa shape index (κ3) is 4.82. The van der Waals surface area contributed by atoms with Crippen LogP contribution in [0.4, 0.5) is 0 Å². The Morgan fingerprint density at radius 1 is 1.12 bits per heavy atom. The summed E-state index contributed by atoms with van der Waals surface area (Å²) in [5.74, 6) is 0.845. The van der Waals surface area contributed by atoms with E-state index in [0.29, 0.717) is 45.1 Å². The number of hydrogen-bond donors (Lipinski definition) is 0. The van der Waals surface area contributed by atoms with Gasteiger partial charge in [0.1, 0.15) is 6.10 Å². The first kappa shape index (κ1) is 17.9. The van der Waals surface area contributed by atoms with Crippen LogP contribution >= 0.6 is 0 Å². The number of amides is 2. The molecule has 2 amide bonds. The van der Waals surface area contributed by atoms with E-state index in [-0.39, 0.29) is 17.9 Å². The van der Waals surface area contributed by atoms with Crippen molar-refractivity contribution in [2.75, 3.05) is 32.8 Å². The van der Waals surface area contributed by atoms with Gasteiger partial charge in [0, 0.05) is 26.2 Å². The Bertz CT molecular complexity index is 619. The maximum absolute atomic E-state index is 12.5. The SMILES string of the molecule is Cc1ccccc1CC(=O)N1CCN(C(=O)[C@H](C)OCC2CC2)CC1. The fraction of sp³-hybridized carbons (Fsp3) is 0.600. The van der Waals surface area contributed by atoms with Crippen molar-refractivity contribution in [1.82, 2.24) is 9.80 Å². The number of benzene rings is 1. The molecule has 1 aliphatic heterocycles. The van der Waals surface area contributed by atoms with Gasteiger partial charge in [0.2, 0.25) is 5.91 Å². The summed E-state index contributed by atoms with van der Waals surface area (Å²) in [6.45, 7) is 6.95. The lowest BCUT2D eigenvalue weighted by atomic mass is 10.1. The molecule has 0 N–H and O–H groups in total. The summed E-state index contributed by atoms with van der Waals surface area (Å²) in [5.41, 5.74) is 2.22. The van der Waals surface area contributed by atoms with Gasteiger partial charge in [-0.1, -0.05) is 24.3 Å². The summed E-state index contributed by atoms with van der Waals surface area (Å²) >= 11 is 0. The smallest absolute Gasteiger partial charge is 0.251 e. The molecule has 2 aliphatic rings. The van der Waals surface area contributed by atoms with Crippen LogP contribution in [0.25, 0.3) is 0 Å². The Morgan fingerprint density at radius 2 is 1.76 bits per heavy atom. The largest absolute Gasteiger partial charge is 0.368 e. The predicted octanol–water partition coefficient (Wildman–Crippen LogP) is 2.02. The number of ether oxygens (including phenoxy) is 1. The van der Waals surface area contributed by atoms with Gasteiger partial charge in [0.05, 0.1) is 13.0 Å². The van der Waals surface area contributed by atoms with Crippen LogP contribution in [-0.2, 0) is 20.7 Å². The molecule has 2 fully saturated rings. The number of carbonyl (C=O) groups is 2. The molecule has 3 rings (SSSR count). The molecule has 1 aliphatic carbocycles. The van der Waals surface area contributed by atoms with Crippen molar-refractivity contribution in [2.45, 2.75) is 39.2 Å². The monoisotopic (exact) mass is 344 g/mol. The van der Waals surface area contributed by atoms with Gasteiger partial charge in [-0.25, -0.2) is 0 Å². The topological polar surface area (TPSA) is 49.9 Å². The maximum atomic E-state index is 12.5. The minimum Gasteiger partial charge on any atom is -0.368 e. The van der Waals surface area contributed by atoms with Crippen molar-refractivity contribution < 1.29 is 14.3 Å². The van der Waals surface area contributed by atoms with E-state index in [1.807, 2.05) is 47.9 Å². The predicted molar refractivity (Wildman–Crippen MR) is 96.2 cm³/mol. The lowest BCUT2D eigenvalue weighted by molar-refractivity contribution is -0.147. The summed E-state index contributed by atoms with van der Waals surface area (Å²) in [5, 5.41) is 0. The first-order valence-corrected chi connectivity index (χ1v) is 9.27. The highest BCUT2D eigenvalue weighted by Gasteiger charge is 2.29. The Morgan fingerprint density at radius 3 is 2.40 bits per heavy atom. The molecule has 25 heavy (non-hydrogen) atoms. The summed E-state index contributed by atoms with van der Waals surface area (Å²) in [4.78, 5) is 28.6. The average molecular weight is 344 g/mol. The van der Waals surface area contributed by atoms with Gasteiger partial charge in [-0.05, 0) is 43.7 Å². The average Bonchev–Trinajstić information content (AvgIpc) is 3.45. The van der Waals surface area contributed by atoms with Crippen LogP contribution in [0.1, 0.15) is 30.9 Å². The second kappa shape index (κ2) is 8.00. The Kier molecular flexibility index (Phi) is 5.74. The van der Waals surface area contributed by atoms with E-state index in [1.165, 1.54) is 12.8 Å². The third-order valence-electron chi connectivity index (χ3n) is 5.17. The van der Waals surface area contributed by atoms with Crippen LogP contribution in [0.5, 0.6) is 0 Å². The molecular formula is C20H28N2O3. The molecule has 1 saturated carbocycles. The van der Waals surface area contributed by atoms with Gasteiger partial charge in [0.25, 0.3) is 5.91 Å². The second-order valence-corrected chi connectivity index (χ2v) is 7.23. The fourth-order valence-electron chi connectivity index (χ4n) is 3.15. The number of piperazine rings is 1. The van der Waals surface area contributed by atoms with E-state index in [1.54, 1.807) is 0 Å². The van der Waals surface area contributed by atoms with Crippen LogP contribution in [0.15, 0.2) is 24.3 Å². The van der Waals surface area contributed by atoms with Crippen molar-refractivity contribution in [2.24, 2.45) is 5.92 Å². The van der Waals surface area contributed by atoms with Crippen LogP contribution in [0, 0.1) is 12.8 Å². The van der Waals surface area contributed by atoms with E-state index in [9.17, 15) is 9.59 Å². The molecule has 5 nitrogen and oxygen atoms in total. The van der Waals surface area contributed by atoms with Crippen molar-refractivity contribution in [1.29, 1.82) is 0 Å². The molecule has 0 unspecified atom stereocenters. The Balaban J connectivity index is 1.45. The quantitative estimate of drug-likeness (QED) is 0.793. The molecule has 5 heteroatoms. The molecular weight excluding hydrogens is 316 g/mol. The lowest BCUT2D eigenvalue weighted by Crippen LogP contribution is -2.53. The van der Waals surface area contributed by atoms with Gasteiger partial charge in [-0.15, -0.1) is 0 Å². The van der Waals surface area contributed by atoms with Crippen LogP contribution < -0.4 is 0 Å². The zero-order chi connectivity index (χ0) is 17.8. The molecule has 1 aromatic carbocycles. The summed E-state index contributed by atoms with van der Waals surface area (Å²) in [6.07, 6.45) is 2.50. The van der Waals surface area contributed by atoms with Crippen LogP contribution in [-0.4, -0.2) is 60.5 Å². The number of aryl methyl sites for hydroxylation is 1. The molecule has 1 aromatic rings. The van der Waals surface area contributed by atoms with E-state index in [2.05, 4.69) is 0 Å². The van der Waals surface area contributed by atoms with Crippen LogP contribution in [0.3, 0.4) is 0 Å². The minimum atomic E-state index is -0.380. The van der Waals surface area contributed by atoms with E-state index in [4.69, 9.17) is 4.74 Å². The van der Waals surface area contributed by atoms with Gasteiger partial charge in [-0.2, -0.15) is 0 Å². The van der Waals surface area contributed by atoms with Gasteiger partial charge in [0.15, 0.2) is 0 Å². The minimum absolute atomic E-state index is 0.0478. The van der Waals surface area contributed by atoms with Crippen molar-refractivity contribution in [3.63, 3.8) is 0 Å². The standard InChI is InChI=1S/C20H28N2O3/c1-15-5-3-4-6-18(15)13-19(23)21-9-11-22(12-10-21)20(24)16(2)25-14-17-7-8-17/h3-6,16-17H,7-14H2,1-2H3/t16-/m0/s1. The summed E-state index contributed by atoms with van der Waals surface area (Å²) in [6, 6.07) is 7.99. The molecule has 0 aromatic heterocycles. The van der Waals surface area contributed by atoms with E-state index in [0.717, 1.165) is 11.1 Å². The number of hydrogen-bond acceptors (Lipinski definition) is 3. The van der Waals surface area contributed by atoms with E-state index >= 15 is 0 Å². The van der Waals surface area contributed by atoms with Crippen LogP contribution in [0.2, 0.25) is 0 Å². The summed E-state index contributed by atoms with van der Waals surface area (Å²) < 4.78 is 5.68. The number of carbonyl (C=O) groups excluding carboxylic acids is 2. The molecule has 0 spiro atoms. The first-order chi connectivity index (χ1) is 12.0. The van der Waals surface area contributed by atoms with Crippen molar-refractivity contribution in [3.05, 3.63) is 35.4 Å². The molecule has 1 atom stereocenters. The maximum Gasteiger partial charge on any atom is 0.251 e. The molecule has 1 saturated heterocycles. The lowest BCUT2D eigenvalue weighted by Gasteiger charge is -2.36. The Labute approximate surface area is 149 Å². The van der Waals surface area contributed by atoms with Crippen molar-refractivity contribution >= 4 is 11.8 Å². The molecule has 1 heterocycles. The Hall–Kier alpha value is -1.88. The second-order valence-electron chi connectivity index (χ2n) is 7.23. The third-order valence-corrected chi connectivity index (χ3v) is 5.17. The molecule has 0 radical (unpaired) electrons. The van der Waals surface area contributed by atoms with Gasteiger partial charge >= 0.3 is 0 Å². The van der Waals surface area contributed by atoms with Gasteiger partial charge in [-0.3, -0.25) is 9.59 Å². The fourth-order valence-corrected chi connectivity index (χ4v) is 3.15. The highest BCUT2D eigenvalue weighted by Crippen LogP contribution is 2.29. The number of nitrogens with zero attached hydrogens (tertiary/aromatic N) is 2. The van der Waals surface area contributed by atoms with E-state index < -0.39 is 0 Å². The highest BCUT2D eigenvalue weighted by molar-refractivity contribution is 5.82. The normalized spacial score (nSPS) is 19.0. The van der Waals surface area contributed by atoms with Gasteiger partial charge < -0.3 is 14.5 Å². The molecule has 136 valence electrons. The zero-order valence-electron chi connectivity index (χ0n) is 15.2. The molecule has 0 bridgehead atoms.